The first-order valence-electron chi connectivity index (χ1n) is 0.183. The summed E-state index contributed by atoms with van der Waals surface area (Å²) < 4.78 is 8.30. The van der Waals surface area contributed by atoms with Crippen LogP contribution in [0.4, 0.5) is 0 Å². The van der Waals surface area contributed by atoms with E-state index in [1.807, 2.05) is 0 Å². The second-order valence-corrected chi connectivity index (χ2v) is 0. The van der Waals surface area contributed by atoms with Gasteiger partial charge in [0, 0.05) is 31.1 Å². The molecule has 0 heterocycles. The maximum atomic E-state index is 8.30. The third-order valence-electron chi connectivity index (χ3n) is 0. The van der Waals surface area contributed by atoms with E-state index in [4.69, 9.17) is 3.02 Å². The number of rotatable bonds is 0. The van der Waals surface area contributed by atoms with Crippen LogP contribution in [0.25, 0.3) is 0 Å². The van der Waals surface area contributed by atoms with Gasteiger partial charge in [-0.2, -0.15) is 0 Å². The summed E-state index contributed by atoms with van der Waals surface area (Å²) in [6, 6.07) is 0. The van der Waals surface area contributed by atoms with E-state index in [2.05, 4.69) is 0 Å². The molecule has 0 aromatic heterocycles. The van der Waals surface area contributed by atoms with E-state index in [1.54, 1.807) is 0 Å². The molecule has 3 radical (unpaired) electrons. The molecule has 0 amide bonds. The van der Waals surface area contributed by atoms with E-state index >= 15 is 0 Å². The van der Waals surface area contributed by atoms with Crippen molar-refractivity contribution in [3.63, 3.8) is 0 Å². The molecule has 0 aliphatic heterocycles. The molecule has 0 fully saturated rings. The van der Waals surface area contributed by atoms with Crippen LogP contribution in [0, 0.1) is 31.1 Å². The summed E-state index contributed by atoms with van der Waals surface area (Å²) >= 11 is 0.500. The average Bonchev–Trinajstić information content (AvgIpc) is 1.00. The SMILES string of the molecule is [Cr+3].[O-2].[O-2].[O-2].[O-2].[O-2].[O]=[Sb+].[U]. The third kappa shape index (κ3) is 160. The van der Waals surface area contributed by atoms with Crippen LogP contribution in [-0.2, 0) is 47.8 Å². The van der Waals surface area contributed by atoms with E-state index in [0.717, 1.165) is 0 Å². The van der Waals surface area contributed by atoms with E-state index in [1.165, 1.54) is 0 Å². The van der Waals surface area contributed by atoms with Crippen LogP contribution in [-0.4, -0.2) is 23.0 Å². The van der Waals surface area contributed by atoms with Gasteiger partial charge >= 0.3 is 43.4 Å². The van der Waals surface area contributed by atoms with Crippen LogP contribution in [0.5, 0.6) is 0 Å². The zero-order valence-corrected chi connectivity index (χ0v) is 11.8. The number of hydrogen-bond donors (Lipinski definition) is 0. The molecule has 0 unspecified atom stereocenters. The molecule has 0 saturated carbocycles. The fraction of sp³-hybridized carbons (Fsp3) is 0. The van der Waals surface area contributed by atoms with Gasteiger partial charge in [-0.25, -0.2) is 0 Å². The summed E-state index contributed by atoms with van der Waals surface area (Å²) in [6.07, 6.45) is 0. The van der Waals surface area contributed by atoms with Crippen molar-refractivity contribution in [3.05, 3.63) is 0 Å². The minimum atomic E-state index is 0. The van der Waals surface area contributed by atoms with Crippen LogP contribution >= 0.6 is 0 Å². The summed E-state index contributed by atoms with van der Waals surface area (Å²) in [6.45, 7) is 0. The Bertz CT molecular complexity index is 13.0. The predicted molar refractivity (Wildman–Crippen MR) is 9.87 cm³/mol. The first-order chi connectivity index (χ1) is 1.00. The van der Waals surface area contributed by atoms with Crippen molar-refractivity contribution in [3.8, 4) is 0 Å². The van der Waals surface area contributed by atoms with Crippen LogP contribution in [0.1, 0.15) is 0 Å². The van der Waals surface area contributed by atoms with Crippen LogP contribution in [0.2, 0.25) is 0 Å². The van der Waals surface area contributed by atoms with Gasteiger partial charge in [0.05, 0.1) is 0 Å². The van der Waals surface area contributed by atoms with Crippen LogP contribution in [0.15, 0.2) is 0 Å². The number of hydrogen-bond acceptors (Lipinski definition) is 1. The van der Waals surface area contributed by atoms with Crippen molar-refractivity contribution < 1.29 is 78.9 Å². The molecule has 0 spiro atoms. The smallest absolute Gasteiger partial charge is 0 e. The molecule has 0 aliphatic rings. The second kappa shape index (κ2) is 202. The zero-order chi connectivity index (χ0) is 2.00. The molecule has 0 aliphatic carbocycles. The van der Waals surface area contributed by atoms with E-state index in [-0.39, 0.29) is 75.9 Å². The first kappa shape index (κ1) is 122. The Kier molecular flexibility index (Phi) is 2740. The van der Waals surface area contributed by atoms with Gasteiger partial charge in [-0.3, -0.25) is 0 Å². The molecular formula is CrO6SbU-6. The van der Waals surface area contributed by atoms with Gasteiger partial charge in [0.25, 0.3) is 0 Å². The van der Waals surface area contributed by atoms with E-state index in [0.29, 0.717) is 23.0 Å². The maximum absolute atomic E-state index is 8.30. The Balaban J connectivity index is -0.000000000238. The Morgan fingerprint density at radius 1 is 0.667 bits per heavy atom. The van der Waals surface area contributed by atoms with Crippen molar-refractivity contribution in [1.29, 1.82) is 0 Å². The normalized spacial score (nSPS) is 0.444. The van der Waals surface area contributed by atoms with Gasteiger partial charge in [-0.05, 0) is 0 Å². The standard InChI is InChI=1S/Cr.6O.Sb.U/q+3;;5*-2;+1;. The molecule has 0 rings (SSSR count). The molecule has 0 bridgehead atoms. The van der Waals surface area contributed by atoms with Crippen molar-refractivity contribution in [2.45, 2.75) is 0 Å². The fourth-order valence-corrected chi connectivity index (χ4v) is 0. The minimum absolute atomic E-state index is 0. The minimum Gasteiger partial charge on any atom is 0 e. The van der Waals surface area contributed by atoms with Gasteiger partial charge in [-0.15, -0.1) is 0 Å². The summed E-state index contributed by atoms with van der Waals surface area (Å²) in [5.41, 5.74) is 0. The molecular weight excluding hydrogens is 508 g/mol. The predicted octanol–water partition coefficient (Wildman–Crippen LogP) is -1.10. The molecule has 0 saturated heterocycles. The summed E-state index contributed by atoms with van der Waals surface area (Å²) in [5.74, 6) is 0. The molecule has 0 aromatic rings. The molecule has 9 heavy (non-hydrogen) atoms. The Hall–Kier alpha value is 2.00. The first-order valence-corrected chi connectivity index (χ1v) is 1.22. The van der Waals surface area contributed by atoms with Gasteiger partial charge in [0.1, 0.15) is 0 Å². The molecule has 57 valence electrons. The second-order valence-electron chi connectivity index (χ2n) is 0. The monoisotopic (exact) mass is 507 g/mol. The molecule has 9 heteroatoms. The molecule has 0 N–H and O–H groups in total. The van der Waals surface area contributed by atoms with Crippen molar-refractivity contribution >= 4 is 23.0 Å². The van der Waals surface area contributed by atoms with Crippen molar-refractivity contribution in [2.24, 2.45) is 0 Å². The Morgan fingerprint density at radius 2 is 0.667 bits per heavy atom. The Labute approximate surface area is 101 Å². The fourth-order valence-electron chi connectivity index (χ4n) is 0. The Morgan fingerprint density at radius 3 is 0.667 bits per heavy atom. The molecule has 0 aromatic carbocycles. The van der Waals surface area contributed by atoms with E-state index in [9.17, 15) is 0 Å². The zero-order valence-electron chi connectivity index (χ0n) is 3.80. The topological polar surface area (TPSA) is 160 Å². The van der Waals surface area contributed by atoms with Gasteiger partial charge in [-0.1, -0.05) is 0 Å². The van der Waals surface area contributed by atoms with Crippen LogP contribution < -0.4 is 0 Å². The third-order valence-corrected chi connectivity index (χ3v) is 0. The van der Waals surface area contributed by atoms with Gasteiger partial charge in [0.2, 0.25) is 0 Å². The van der Waals surface area contributed by atoms with Gasteiger partial charge < -0.3 is 27.4 Å². The average molecular weight is 508 g/mol. The van der Waals surface area contributed by atoms with E-state index < -0.39 is 0 Å². The van der Waals surface area contributed by atoms with Crippen molar-refractivity contribution in [1.82, 2.24) is 0 Å². The quantitative estimate of drug-likeness (QED) is 0.375. The van der Waals surface area contributed by atoms with Crippen LogP contribution in [0.3, 0.4) is 0 Å². The summed E-state index contributed by atoms with van der Waals surface area (Å²) in [4.78, 5) is 0. The largest absolute Gasteiger partial charge is 0 e. The summed E-state index contributed by atoms with van der Waals surface area (Å²) in [7, 11) is 0. The van der Waals surface area contributed by atoms with Crippen molar-refractivity contribution in [2.75, 3.05) is 0 Å². The molecule has 0 atom stereocenters. The molecule has 6 nitrogen and oxygen atoms in total. The summed E-state index contributed by atoms with van der Waals surface area (Å²) in [5, 5.41) is 0. The van der Waals surface area contributed by atoms with Gasteiger partial charge in [0.15, 0.2) is 0 Å². The maximum Gasteiger partial charge on any atom is 0 e.